The predicted molar refractivity (Wildman–Crippen MR) is 93.8 cm³/mol. The van der Waals surface area contributed by atoms with Crippen LogP contribution in [0.2, 0.25) is 0 Å². The molecular formula is C19H28N2O3. The first-order valence-corrected chi connectivity index (χ1v) is 8.61. The van der Waals surface area contributed by atoms with Crippen molar-refractivity contribution >= 4 is 12.0 Å². The Morgan fingerprint density at radius 2 is 1.92 bits per heavy atom. The number of amides is 2. The van der Waals surface area contributed by atoms with Crippen molar-refractivity contribution in [3.63, 3.8) is 0 Å². The number of hydrogen-bond donors (Lipinski definition) is 1. The highest BCUT2D eigenvalue weighted by molar-refractivity contribution is 5.92. The zero-order valence-corrected chi connectivity index (χ0v) is 14.9. The van der Waals surface area contributed by atoms with Crippen LogP contribution < -0.4 is 5.73 Å². The molecular weight excluding hydrogens is 304 g/mol. The number of nitrogens with zero attached hydrogens (tertiary/aromatic N) is 1. The largest absolute Gasteiger partial charge is 0.444 e. The van der Waals surface area contributed by atoms with Gasteiger partial charge in [-0.05, 0) is 70.1 Å². The Balaban J connectivity index is 1.78. The van der Waals surface area contributed by atoms with Crippen LogP contribution in [-0.2, 0) is 11.2 Å². The molecule has 5 nitrogen and oxygen atoms in total. The lowest BCUT2D eigenvalue weighted by molar-refractivity contribution is 0.0181. The second kappa shape index (κ2) is 7.69. The van der Waals surface area contributed by atoms with Gasteiger partial charge in [-0.15, -0.1) is 0 Å². The highest BCUT2D eigenvalue weighted by Gasteiger charge is 2.26. The van der Waals surface area contributed by atoms with E-state index in [9.17, 15) is 9.59 Å². The van der Waals surface area contributed by atoms with Crippen molar-refractivity contribution in [2.24, 2.45) is 11.7 Å². The van der Waals surface area contributed by atoms with Gasteiger partial charge in [0.1, 0.15) is 5.60 Å². The molecule has 0 aliphatic carbocycles. The van der Waals surface area contributed by atoms with Gasteiger partial charge >= 0.3 is 6.09 Å². The molecule has 0 spiro atoms. The maximum Gasteiger partial charge on any atom is 0.410 e. The molecule has 24 heavy (non-hydrogen) atoms. The summed E-state index contributed by atoms with van der Waals surface area (Å²) in [7, 11) is 0. The van der Waals surface area contributed by atoms with E-state index in [-0.39, 0.29) is 12.0 Å². The van der Waals surface area contributed by atoms with Gasteiger partial charge < -0.3 is 15.4 Å². The maximum atomic E-state index is 12.1. The molecule has 0 unspecified atom stereocenters. The molecule has 2 amide bonds. The fourth-order valence-corrected chi connectivity index (χ4v) is 2.98. The van der Waals surface area contributed by atoms with Crippen LogP contribution in [0.3, 0.4) is 0 Å². The molecule has 0 radical (unpaired) electrons. The highest BCUT2D eigenvalue weighted by Crippen LogP contribution is 2.24. The quantitative estimate of drug-likeness (QED) is 0.919. The van der Waals surface area contributed by atoms with Crippen molar-refractivity contribution in [2.75, 3.05) is 13.1 Å². The van der Waals surface area contributed by atoms with Crippen LogP contribution in [0.5, 0.6) is 0 Å². The average Bonchev–Trinajstić information content (AvgIpc) is 2.52. The number of likely N-dealkylation sites (tertiary alicyclic amines) is 1. The zero-order valence-electron chi connectivity index (χ0n) is 14.9. The molecule has 1 aromatic carbocycles. The summed E-state index contributed by atoms with van der Waals surface area (Å²) < 4.78 is 5.42. The lowest BCUT2D eigenvalue weighted by Gasteiger charge is -2.33. The Morgan fingerprint density at radius 1 is 1.25 bits per heavy atom. The topological polar surface area (TPSA) is 72.6 Å². The molecule has 0 atom stereocenters. The molecule has 0 saturated carbocycles. The van der Waals surface area contributed by atoms with Crippen molar-refractivity contribution in [1.82, 2.24) is 4.90 Å². The first kappa shape index (κ1) is 18.3. The van der Waals surface area contributed by atoms with Crippen molar-refractivity contribution in [2.45, 2.75) is 52.1 Å². The first-order valence-electron chi connectivity index (χ1n) is 8.61. The minimum absolute atomic E-state index is 0.213. The van der Waals surface area contributed by atoms with Gasteiger partial charge in [-0.3, -0.25) is 4.79 Å². The van der Waals surface area contributed by atoms with Gasteiger partial charge in [-0.2, -0.15) is 0 Å². The monoisotopic (exact) mass is 332 g/mol. The van der Waals surface area contributed by atoms with E-state index in [0.29, 0.717) is 11.5 Å². The van der Waals surface area contributed by atoms with Gasteiger partial charge in [-0.1, -0.05) is 12.1 Å². The van der Waals surface area contributed by atoms with Gasteiger partial charge in [0.2, 0.25) is 5.91 Å². The summed E-state index contributed by atoms with van der Waals surface area (Å²) in [6, 6.07) is 7.52. The molecule has 0 bridgehead atoms. The zero-order chi connectivity index (χ0) is 17.7. The summed E-state index contributed by atoms with van der Waals surface area (Å²) in [6.45, 7) is 7.16. The van der Waals surface area contributed by atoms with Crippen LogP contribution in [0.25, 0.3) is 0 Å². The lowest BCUT2D eigenvalue weighted by Crippen LogP contribution is -2.41. The molecule has 1 aliphatic rings. The van der Waals surface area contributed by atoms with E-state index in [1.54, 1.807) is 11.0 Å². The Morgan fingerprint density at radius 3 is 2.50 bits per heavy atom. The highest BCUT2D eigenvalue weighted by atomic mass is 16.6. The van der Waals surface area contributed by atoms with Crippen LogP contribution in [0, 0.1) is 5.92 Å². The summed E-state index contributed by atoms with van der Waals surface area (Å²) in [6.07, 6.45) is 3.77. The molecule has 132 valence electrons. The molecule has 5 heteroatoms. The summed E-state index contributed by atoms with van der Waals surface area (Å²) in [5, 5.41) is 0. The molecule has 1 fully saturated rings. The summed E-state index contributed by atoms with van der Waals surface area (Å²) >= 11 is 0. The van der Waals surface area contributed by atoms with E-state index >= 15 is 0 Å². The van der Waals surface area contributed by atoms with Gasteiger partial charge in [0.15, 0.2) is 0 Å². The van der Waals surface area contributed by atoms with Crippen LogP contribution in [0.4, 0.5) is 4.79 Å². The van der Waals surface area contributed by atoms with Crippen molar-refractivity contribution in [1.29, 1.82) is 0 Å². The number of nitrogens with two attached hydrogens (primary N) is 1. The minimum Gasteiger partial charge on any atom is -0.444 e. The van der Waals surface area contributed by atoms with Crippen LogP contribution >= 0.6 is 0 Å². The number of hydrogen-bond acceptors (Lipinski definition) is 3. The predicted octanol–water partition coefficient (Wildman–Crippen LogP) is 3.37. The number of carbonyl (C=O) groups is 2. The molecule has 1 heterocycles. The smallest absolute Gasteiger partial charge is 0.410 e. The van der Waals surface area contributed by atoms with Crippen LogP contribution in [0.15, 0.2) is 24.3 Å². The van der Waals surface area contributed by atoms with Gasteiger partial charge in [0.25, 0.3) is 0 Å². The molecule has 1 saturated heterocycles. The third-order valence-electron chi connectivity index (χ3n) is 4.32. The van der Waals surface area contributed by atoms with Gasteiger partial charge in [-0.25, -0.2) is 4.79 Å². The van der Waals surface area contributed by atoms with Crippen molar-refractivity contribution < 1.29 is 14.3 Å². The Hall–Kier alpha value is -2.04. The number of carbonyl (C=O) groups excluding carboxylic acids is 2. The number of benzene rings is 1. The van der Waals surface area contributed by atoms with E-state index in [1.807, 2.05) is 39.0 Å². The van der Waals surface area contributed by atoms with E-state index in [1.165, 1.54) is 0 Å². The third kappa shape index (κ3) is 5.55. The standard InChI is InChI=1S/C19H28N2O3/c1-19(2,3)24-18(23)21-11-9-14(10-12-21)7-8-15-5-4-6-16(13-15)17(20)22/h4-6,13-14H,7-12H2,1-3H3,(H2,20,22). The normalized spacial score (nSPS) is 16.0. The molecule has 1 aliphatic heterocycles. The van der Waals surface area contributed by atoms with E-state index in [4.69, 9.17) is 10.5 Å². The summed E-state index contributed by atoms with van der Waals surface area (Å²) in [5.74, 6) is 0.212. The van der Waals surface area contributed by atoms with E-state index in [2.05, 4.69) is 0 Å². The number of primary amides is 1. The number of piperidine rings is 1. The molecule has 0 aromatic heterocycles. The fourth-order valence-electron chi connectivity index (χ4n) is 2.98. The Labute approximate surface area is 144 Å². The van der Waals surface area contributed by atoms with Crippen molar-refractivity contribution in [3.05, 3.63) is 35.4 Å². The van der Waals surface area contributed by atoms with Crippen LogP contribution in [-0.4, -0.2) is 35.6 Å². The van der Waals surface area contributed by atoms with E-state index < -0.39 is 5.60 Å². The molecule has 2 rings (SSSR count). The minimum atomic E-state index is -0.445. The van der Waals surface area contributed by atoms with Gasteiger partial charge in [0.05, 0.1) is 0 Å². The van der Waals surface area contributed by atoms with Gasteiger partial charge in [0, 0.05) is 18.7 Å². The lowest BCUT2D eigenvalue weighted by atomic mass is 9.90. The van der Waals surface area contributed by atoms with E-state index in [0.717, 1.165) is 44.3 Å². The number of aryl methyl sites for hydroxylation is 1. The SMILES string of the molecule is CC(C)(C)OC(=O)N1CCC(CCc2cccc(C(N)=O)c2)CC1. The third-order valence-corrected chi connectivity index (χ3v) is 4.32. The van der Waals surface area contributed by atoms with Crippen LogP contribution in [0.1, 0.15) is 56.0 Å². The summed E-state index contributed by atoms with van der Waals surface area (Å²) in [5.41, 5.74) is 6.58. The average molecular weight is 332 g/mol. The Bertz CT molecular complexity index is 585. The molecule has 2 N–H and O–H groups in total. The molecule has 1 aromatic rings. The second-order valence-corrected chi connectivity index (χ2v) is 7.51. The summed E-state index contributed by atoms with van der Waals surface area (Å²) in [4.78, 5) is 25.1. The first-order chi connectivity index (χ1) is 11.2. The Kier molecular flexibility index (Phi) is 5.86. The maximum absolute atomic E-state index is 12.1. The van der Waals surface area contributed by atoms with Crippen molar-refractivity contribution in [3.8, 4) is 0 Å². The second-order valence-electron chi connectivity index (χ2n) is 7.51. The fraction of sp³-hybridized carbons (Fsp3) is 0.579. The number of rotatable bonds is 4. The number of ether oxygens (including phenoxy) is 1.